The number of hydrogen-bond donors (Lipinski definition) is 2. The van der Waals surface area contributed by atoms with Crippen molar-refractivity contribution in [2.24, 2.45) is 0 Å². The third-order valence-electron chi connectivity index (χ3n) is 3.80. The maximum atomic E-state index is 9.00. The first-order chi connectivity index (χ1) is 8.91. The van der Waals surface area contributed by atoms with Gasteiger partial charge < -0.3 is 15.2 Å². The van der Waals surface area contributed by atoms with E-state index in [2.05, 4.69) is 39.1 Å². The van der Waals surface area contributed by atoms with Gasteiger partial charge in [0.2, 0.25) is 0 Å². The van der Waals surface area contributed by atoms with E-state index in [1.54, 1.807) is 7.11 Å². The number of nitrogens with one attached hydrogen (secondary N) is 1. The highest BCUT2D eigenvalue weighted by molar-refractivity contribution is 5.43. The summed E-state index contributed by atoms with van der Waals surface area (Å²) in [5.41, 5.74) is 3.87. The lowest BCUT2D eigenvalue weighted by Gasteiger charge is -2.25. The summed E-state index contributed by atoms with van der Waals surface area (Å²) < 4.78 is 5.33. The van der Waals surface area contributed by atoms with E-state index >= 15 is 0 Å². The SMILES string of the molecule is COc1ccc(CCNC(C)(C)CCO)c(C)c1C. The smallest absolute Gasteiger partial charge is 0.122 e. The quantitative estimate of drug-likeness (QED) is 0.796. The van der Waals surface area contributed by atoms with E-state index in [0.717, 1.165) is 25.1 Å². The van der Waals surface area contributed by atoms with Crippen LogP contribution in [0.1, 0.15) is 37.0 Å². The molecule has 3 heteroatoms. The maximum absolute atomic E-state index is 9.00. The molecule has 0 unspecified atom stereocenters. The summed E-state index contributed by atoms with van der Waals surface area (Å²) in [4.78, 5) is 0. The topological polar surface area (TPSA) is 41.5 Å². The van der Waals surface area contributed by atoms with Crippen molar-refractivity contribution in [1.29, 1.82) is 0 Å². The summed E-state index contributed by atoms with van der Waals surface area (Å²) in [6.07, 6.45) is 1.76. The van der Waals surface area contributed by atoms with Gasteiger partial charge in [-0.3, -0.25) is 0 Å². The minimum absolute atomic E-state index is 0.00975. The van der Waals surface area contributed by atoms with E-state index in [0.29, 0.717) is 0 Å². The van der Waals surface area contributed by atoms with E-state index in [1.165, 1.54) is 16.7 Å². The highest BCUT2D eigenvalue weighted by Crippen LogP contribution is 2.24. The normalized spacial score (nSPS) is 11.7. The Morgan fingerprint density at radius 1 is 1.21 bits per heavy atom. The van der Waals surface area contributed by atoms with Gasteiger partial charge in [0.1, 0.15) is 5.75 Å². The van der Waals surface area contributed by atoms with Crippen LogP contribution in [0.5, 0.6) is 5.75 Å². The number of methoxy groups -OCH3 is 1. The van der Waals surface area contributed by atoms with Gasteiger partial charge in [0.25, 0.3) is 0 Å². The molecule has 0 bridgehead atoms. The molecule has 0 aliphatic rings. The fourth-order valence-corrected chi connectivity index (χ4v) is 2.25. The van der Waals surface area contributed by atoms with Crippen molar-refractivity contribution in [2.75, 3.05) is 20.3 Å². The summed E-state index contributed by atoms with van der Waals surface area (Å²) in [5.74, 6) is 0.954. The Kier molecular flexibility index (Phi) is 5.83. The van der Waals surface area contributed by atoms with Crippen molar-refractivity contribution in [3.05, 3.63) is 28.8 Å². The fraction of sp³-hybridized carbons (Fsp3) is 0.625. The molecule has 0 saturated heterocycles. The van der Waals surface area contributed by atoms with Crippen LogP contribution in [0.15, 0.2) is 12.1 Å². The molecule has 1 rings (SSSR count). The molecule has 0 saturated carbocycles. The van der Waals surface area contributed by atoms with Gasteiger partial charge in [-0.25, -0.2) is 0 Å². The van der Waals surface area contributed by atoms with Crippen molar-refractivity contribution in [2.45, 2.75) is 46.1 Å². The number of benzene rings is 1. The highest BCUT2D eigenvalue weighted by Gasteiger charge is 2.15. The number of aliphatic hydroxyl groups excluding tert-OH is 1. The predicted molar refractivity (Wildman–Crippen MR) is 80.0 cm³/mol. The van der Waals surface area contributed by atoms with Crippen LogP contribution in [0.3, 0.4) is 0 Å². The molecule has 0 aliphatic heterocycles. The Balaban J connectivity index is 2.62. The van der Waals surface area contributed by atoms with Crippen molar-refractivity contribution in [1.82, 2.24) is 5.32 Å². The second kappa shape index (κ2) is 6.92. The predicted octanol–water partition coefficient (Wildman–Crippen LogP) is 2.61. The van der Waals surface area contributed by atoms with Crippen molar-refractivity contribution < 1.29 is 9.84 Å². The van der Waals surface area contributed by atoms with E-state index < -0.39 is 0 Å². The standard InChI is InChI=1S/C16H27NO2/c1-12-13(2)15(19-5)7-6-14(12)8-10-17-16(3,4)9-11-18/h6-7,17-18H,8-11H2,1-5H3. The highest BCUT2D eigenvalue weighted by atomic mass is 16.5. The molecule has 0 atom stereocenters. The fourth-order valence-electron chi connectivity index (χ4n) is 2.25. The van der Waals surface area contributed by atoms with Crippen LogP contribution < -0.4 is 10.1 Å². The molecule has 2 N–H and O–H groups in total. The van der Waals surface area contributed by atoms with Crippen molar-refractivity contribution >= 4 is 0 Å². The molecule has 0 spiro atoms. The molecule has 0 amide bonds. The lowest BCUT2D eigenvalue weighted by atomic mass is 9.98. The minimum atomic E-state index is -0.00975. The first kappa shape index (κ1) is 16.0. The van der Waals surface area contributed by atoms with Crippen LogP contribution in [0.2, 0.25) is 0 Å². The first-order valence-corrected chi connectivity index (χ1v) is 6.90. The van der Waals surface area contributed by atoms with E-state index in [1.807, 2.05) is 6.07 Å². The zero-order chi connectivity index (χ0) is 14.5. The molecular formula is C16H27NO2. The van der Waals surface area contributed by atoms with Gasteiger partial charge in [0, 0.05) is 12.1 Å². The number of rotatable bonds is 7. The largest absolute Gasteiger partial charge is 0.496 e. The molecule has 0 heterocycles. The van der Waals surface area contributed by atoms with Gasteiger partial charge in [-0.2, -0.15) is 0 Å². The molecular weight excluding hydrogens is 238 g/mol. The van der Waals surface area contributed by atoms with Gasteiger partial charge in [-0.05, 0) is 69.8 Å². The Morgan fingerprint density at radius 3 is 2.47 bits per heavy atom. The monoisotopic (exact) mass is 265 g/mol. The minimum Gasteiger partial charge on any atom is -0.496 e. The van der Waals surface area contributed by atoms with Gasteiger partial charge in [-0.15, -0.1) is 0 Å². The second-order valence-corrected chi connectivity index (χ2v) is 5.71. The van der Waals surface area contributed by atoms with Gasteiger partial charge in [0.05, 0.1) is 7.11 Å². The van der Waals surface area contributed by atoms with E-state index in [9.17, 15) is 0 Å². The van der Waals surface area contributed by atoms with Crippen LogP contribution >= 0.6 is 0 Å². The zero-order valence-corrected chi connectivity index (χ0v) is 12.8. The summed E-state index contributed by atoms with van der Waals surface area (Å²) in [6, 6.07) is 4.18. The van der Waals surface area contributed by atoms with Gasteiger partial charge in [0.15, 0.2) is 0 Å². The average molecular weight is 265 g/mol. The molecule has 108 valence electrons. The number of aliphatic hydroxyl groups is 1. The van der Waals surface area contributed by atoms with Crippen LogP contribution in [-0.4, -0.2) is 30.9 Å². The maximum Gasteiger partial charge on any atom is 0.122 e. The summed E-state index contributed by atoms with van der Waals surface area (Å²) >= 11 is 0. The van der Waals surface area contributed by atoms with E-state index in [-0.39, 0.29) is 12.1 Å². The zero-order valence-electron chi connectivity index (χ0n) is 12.8. The Hall–Kier alpha value is -1.06. The molecule has 1 aromatic carbocycles. The molecule has 0 radical (unpaired) electrons. The number of hydrogen-bond acceptors (Lipinski definition) is 3. The van der Waals surface area contributed by atoms with Gasteiger partial charge >= 0.3 is 0 Å². The summed E-state index contributed by atoms with van der Waals surface area (Å²) in [6.45, 7) is 9.62. The van der Waals surface area contributed by atoms with Crippen molar-refractivity contribution in [3.63, 3.8) is 0 Å². The van der Waals surface area contributed by atoms with Crippen LogP contribution in [-0.2, 0) is 6.42 Å². The molecule has 0 fully saturated rings. The molecule has 0 aromatic heterocycles. The average Bonchev–Trinajstić information content (AvgIpc) is 2.34. The Morgan fingerprint density at radius 2 is 1.89 bits per heavy atom. The third kappa shape index (κ3) is 4.51. The summed E-state index contributed by atoms with van der Waals surface area (Å²) in [5, 5.41) is 12.5. The first-order valence-electron chi connectivity index (χ1n) is 6.90. The Bertz CT molecular complexity index is 413. The van der Waals surface area contributed by atoms with Crippen LogP contribution in [0, 0.1) is 13.8 Å². The van der Waals surface area contributed by atoms with Crippen LogP contribution in [0.4, 0.5) is 0 Å². The van der Waals surface area contributed by atoms with Crippen LogP contribution in [0.25, 0.3) is 0 Å². The third-order valence-corrected chi connectivity index (χ3v) is 3.80. The summed E-state index contributed by atoms with van der Waals surface area (Å²) in [7, 11) is 1.71. The van der Waals surface area contributed by atoms with E-state index in [4.69, 9.17) is 9.84 Å². The molecule has 1 aromatic rings. The molecule has 3 nitrogen and oxygen atoms in total. The Labute approximate surface area is 117 Å². The second-order valence-electron chi connectivity index (χ2n) is 5.71. The molecule has 0 aliphatic carbocycles. The van der Waals surface area contributed by atoms with Gasteiger partial charge in [-0.1, -0.05) is 6.07 Å². The van der Waals surface area contributed by atoms with Crippen molar-refractivity contribution in [3.8, 4) is 5.75 Å². The lowest BCUT2D eigenvalue weighted by Crippen LogP contribution is -2.41. The lowest BCUT2D eigenvalue weighted by molar-refractivity contribution is 0.231. The number of ether oxygens (including phenoxy) is 1. The molecule has 19 heavy (non-hydrogen) atoms.